The molecule has 1 saturated carbocycles. The highest BCUT2D eigenvalue weighted by Gasteiger charge is 2.45. The van der Waals surface area contributed by atoms with E-state index in [0.717, 1.165) is 19.6 Å². The van der Waals surface area contributed by atoms with Gasteiger partial charge in [0, 0.05) is 0 Å². The van der Waals surface area contributed by atoms with Gasteiger partial charge in [-0.05, 0) is 38.7 Å². The molecule has 1 saturated heterocycles. The third kappa shape index (κ3) is 10.8. The van der Waals surface area contributed by atoms with Crippen LogP contribution < -0.4 is 0 Å². The van der Waals surface area contributed by atoms with Crippen LogP contribution in [0.4, 0.5) is 0 Å². The predicted octanol–water partition coefficient (Wildman–Crippen LogP) is 5.45. The Hall–Kier alpha value is -0.940. The summed E-state index contributed by atoms with van der Waals surface area (Å²) < 4.78 is 12.2. The summed E-state index contributed by atoms with van der Waals surface area (Å²) in [4.78, 5) is 0. The molecule has 0 aromatic heterocycles. The molecule has 1 aromatic rings. The van der Waals surface area contributed by atoms with Crippen molar-refractivity contribution in [2.75, 3.05) is 6.61 Å². The van der Waals surface area contributed by atoms with Crippen LogP contribution in [0.15, 0.2) is 30.3 Å². The molecule has 1 aromatic carbocycles. The van der Waals surface area contributed by atoms with Crippen LogP contribution in [-0.2, 0) is 16.1 Å². The quantitative estimate of drug-likeness (QED) is 0.682. The van der Waals surface area contributed by atoms with Crippen molar-refractivity contribution < 1.29 is 19.7 Å². The first-order valence-corrected chi connectivity index (χ1v) is 10.6. The molecule has 1 heterocycles. The summed E-state index contributed by atoms with van der Waals surface area (Å²) in [6.45, 7) is 12.2. The van der Waals surface area contributed by atoms with Crippen molar-refractivity contribution in [2.24, 2.45) is 0 Å². The first-order chi connectivity index (χ1) is 12.9. The van der Waals surface area contributed by atoms with Gasteiger partial charge in [-0.25, -0.2) is 0 Å². The zero-order valence-electron chi connectivity index (χ0n) is 18.3. The Labute approximate surface area is 166 Å². The fourth-order valence-electron chi connectivity index (χ4n) is 3.35. The Kier molecular flexibility index (Phi) is 13.6. The summed E-state index contributed by atoms with van der Waals surface area (Å²) in [5, 5.41) is 16.2. The topological polar surface area (TPSA) is 58.9 Å². The summed E-state index contributed by atoms with van der Waals surface area (Å²) in [5.41, 5.74) is 1.31. The maximum absolute atomic E-state index is 8.08. The van der Waals surface area contributed by atoms with E-state index in [4.69, 9.17) is 19.7 Å². The lowest BCUT2D eigenvalue weighted by Crippen LogP contribution is -2.42. The molecule has 2 N–H and O–H groups in total. The van der Waals surface area contributed by atoms with Crippen LogP contribution in [-0.4, -0.2) is 34.3 Å². The molecule has 0 radical (unpaired) electrons. The third-order valence-corrected chi connectivity index (χ3v) is 4.35. The largest absolute Gasteiger partial charge is 0.372 e. The third-order valence-electron chi connectivity index (χ3n) is 4.35. The molecule has 4 heteroatoms. The van der Waals surface area contributed by atoms with Gasteiger partial charge in [0.05, 0.1) is 24.9 Å². The molecule has 0 amide bonds. The zero-order chi connectivity index (χ0) is 20.8. The zero-order valence-corrected chi connectivity index (χ0v) is 18.3. The average molecular weight is 383 g/mol. The van der Waals surface area contributed by atoms with Gasteiger partial charge in [-0.15, -0.1) is 0 Å². The maximum atomic E-state index is 8.08. The minimum Gasteiger partial charge on any atom is -0.372 e. The number of benzene rings is 1. The summed E-state index contributed by atoms with van der Waals surface area (Å²) in [6, 6.07) is 10.4. The number of hydrogen-bond acceptors (Lipinski definition) is 4. The smallest absolute Gasteiger partial charge is 0.156 e. The van der Waals surface area contributed by atoms with Crippen LogP contribution in [0.25, 0.3) is 0 Å². The normalized spacial score (nSPS) is 20.4. The highest BCUT2D eigenvalue weighted by Crippen LogP contribution is 2.41. The van der Waals surface area contributed by atoms with Gasteiger partial charge in [-0.2, -0.15) is 0 Å². The predicted molar refractivity (Wildman–Crippen MR) is 113 cm³/mol. The molecule has 1 aliphatic carbocycles. The molecule has 0 bridgehead atoms. The van der Waals surface area contributed by atoms with Gasteiger partial charge in [-0.1, -0.05) is 77.3 Å². The van der Waals surface area contributed by atoms with Gasteiger partial charge in [-0.3, -0.25) is 0 Å². The highest BCUT2D eigenvalue weighted by atomic mass is 16.6. The summed E-state index contributed by atoms with van der Waals surface area (Å²) >= 11 is 0. The molecule has 1 unspecified atom stereocenters. The fourth-order valence-corrected chi connectivity index (χ4v) is 3.35. The van der Waals surface area contributed by atoms with Crippen molar-refractivity contribution in [2.45, 2.75) is 104 Å². The lowest BCUT2D eigenvalue weighted by molar-refractivity contribution is -0.127. The molecule has 4 nitrogen and oxygen atoms in total. The van der Waals surface area contributed by atoms with Crippen LogP contribution in [0.2, 0.25) is 0 Å². The lowest BCUT2D eigenvalue weighted by Gasteiger charge is -2.37. The second-order valence-corrected chi connectivity index (χ2v) is 7.04. The van der Waals surface area contributed by atoms with E-state index in [-0.39, 0.29) is 5.60 Å². The molecule has 1 atom stereocenters. The Morgan fingerprint density at radius 2 is 1.52 bits per heavy atom. The first kappa shape index (κ1) is 26.1. The minimum absolute atomic E-state index is 0.0486. The molecule has 1 aliphatic heterocycles. The average Bonchev–Trinajstić information content (AvgIpc) is 3.05. The lowest BCUT2D eigenvalue weighted by atomic mass is 9.81. The Morgan fingerprint density at radius 1 is 1.00 bits per heavy atom. The van der Waals surface area contributed by atoms with E-state index in [1.165, 1.54) is 51.5 Å². The first-order valence-electron chi connectivity index (χ1n) is 10.6. The molecule has 2 aliphatic rings. The molecule has 3 rings (SSSR count). The second kappa shape index (κ2) is 14.1. The van der Waals surface area contributed by atoms with Crippen LogP contribution in [0.1, 0.15) is 85.6 Å². The molecule has 2 fully saturated rings. The van der Waals surface area contributed by atoms with E-state index < -0.39 is 5.79 Å². The number of rotatable bonds is 3. The molecular formula is C23H42O4. The fraction of sp³-hybridized carbons (Fsp3) is 0.739. The van der Waals surface area contributed by atoms with E-state index in [2.05, 4.69) is 24.3 Å². The van der Waals surface area contributed by atoms with Crippen LogP contribution in [0.3, 0.4) is 0 Å². The number of ether oxygens (including phenoxy) is 2. The molecule has 158 valence electrons. The molecule has 27 heavy (non-hydrogen) atoms. The SMILES string of the molecule is CC.CC.CC(C)(O)O.c1ccc(COC2CCOC23CCCCC3)cc1. The summed E-state index contributed by atoms with van der Waals surface area (Å²) in [7, 11) is 0. The van der Waals surface area contributed by atoms with Crippen LogP contribution in [0.5, 0.6) is 0 Å². The standard InChI is InChI=1S/C16H22O2.C3H8O2.2C2H6/c1-3-7-14(8-4-1)13-17-15-9-12-18-16(15)10-5-2-6-11-16;1-3(2,4)5;2*1-2/h1,3-4,7-8,15H,2,5-6,9-13H2;4-5H,1-2H3;2*1-2H3. The van der Waals surface area contributed by atoms with E-state index in [1.807, 2.05) is 33.8 Å². The van der Waals surface area contributed by atoms with Gasteiger partial charge >= 0.3 is 0 Å². The van der Waals surface area contributed by atoms with Crippen molar-refractivity contribution >= 4 is 0 Å². The minimum atomic E-state index is -1.50. The Balaban J connectivity index is 0.000000646. The van der Waals surface area contributed by atoms with E-state index in [1.54, 1.807) is 0 Å². The van der Waals surface area contributed by atoms with Crippen LogP contribution >= 0.6 is 0 Å². The number of aliphatic hydroxyl groups is 2. The van der Waals surface area contributed by atoms with Gasteiger partial charge < -0.3 is 19.7 Å². The Morgan fingerprint density at radius 3 is 2.04 bits per heavy atom. The van der Waals surface area contributed by atoms with E-state index in [0.29, 0.717) is 6.10 Å². The van der Waals surface area contributed by atoms with E-state index in [9.17, 15) is 0 Å². The van der Waals surface area contributed by atoms with Gasteiger partial charge in [0.15, 0.2) is 5.79 Å². The van der Waals surface area contributed by atoms with Crippen LogP contribution in [0, 0.1) is 0 Å². The van der Waals surface area contributed by atoms with Gasteiger partial charge in [0.1, 0.15) is 0 Å². The van der Waals surface area contributed by atoms with Crippen molar-refractivity contribution in [1.29, 1.82) is 0 Å². The molecular weight excluding hydrogens is 340 g/mol. The summed E-state index contributed by atoms with van der Waals surface area (Å²) in [6.07, 6.45) is 7.69. The molecule has 1 spiro atoms. The Bertz CT molecular complexity index is 441. The number of hydrogen-bond donors (Lipinski definition) is 2. The van der Waals surface area contributed by atoms with Crippen molar-refractivity contribution in [3.63, 3.8) is 0 Å². The van der Waals surface area contributed by atoms with Gasteiger partial charge in [0.25, 0.3) is 0 Å². The second-order valence-electron chi connectivity index (χ2n) is 7.04. The monoisotopic (exact) mass is 382 g/mol. The maximum Gasteiger partial charge on any atom is 0.156 e. The van der Waals surface area contributed by atoms with Crippen molar-refractivity contribution in [3.8, 4) is 0 Å². The summed E-state index contributed by atoms with van der Waals surface area (Å²) in [5.74, 6) is -1.50. The highest BCUT2D eigenvalue weighted by molar-refractivity contribution is 5.13. The van der Waals surface area contributed by atoms with E-state index >= 15 is 0 Å². The van der Waals surface area contributed by atoms with Crippen molar-refractivity contribution in [3.05, 3.63) is 35.9 Å². The van der Waals surface area contributed by atoms with Crippen molar-refractivity contribution in [1.82, 2.24) is 0 Å². The van der Waals surface area contributed by atoms with Gasteiger partial charge in [0.2, 0.25) is 0 Å².